The van der Waals surface area contributed by atoms with Crippen LogP contribution >= 0.6 is 11.6 Å². The zero-order chi connectivity index (χ0) is 15.9. The Morgan fingerprint density at radius 1 is 1.45 bits per heavy atom. The van der Waals surface area contributed by atoms with Crippen LogP contribution in [-0.2, 0) is 6.42 Å². The van der Waals surface area contributed by atoms with Gasteiger partial charge < -0.3 is 10.6 Å². The van der Waals surface area contributed by atoms with Crippen LogP contribution in [0.2, 0.25) is 5.02 Å². The first-order valence-corrected chi connectivity index (χ1v) is 6.77. The Kier molecular flexibility index (Phi) is 5.26. The van der Waals surface area contributed by atoms with Crippen LogP contribution in [0.1, 0.15) is 12.2 Å². The van der Waals surface area contributed by atoms with Crippen LogP contribution in [0, 0.1) is 10.1 Å². The molecule has 1 aromatic carbocycles. The topological polar surface area (TPSA) is 126 Å². The number of benzene rings is 1. The number of carbonyl (C=O) groups is 1. The molecule has 22 heavy (non-hydrogen) atoms. The summed E-state index contributed by atoms with van der Waals surface area (Å²) in [5, 5.41) is 22.4. The fraction of sp³-hybridized carbons (Fsp3) is 0.250. The predicted molar refractivity (Wildman–Crippen MR) is 79.8 cm³/mol. The summed E-state index contributed by atoms with van der Waals surface area (Å²) in [5.41, 5.74) is 0.0358. The molecule has 0 aliphatic carbocycles. The number of hydrogen-bond donors (Lipinski definition) is 3. The van der Waals surface area contributed by atoms with Gasteiger partial charge in [0.2, 0.25) is 0 Å². The van der Waals surface area contributed by atoms with E-state index in [2.05, 4.69) is 25.8 Å². The SMILES string of the molecule is O=C(NCCCc1ncn[nH]1)Nc1ccc(Cl)c([N+](=O)[O-])c1. The Labute approximate surface area is 130 Å². The molecule has 10 heteroatoms. The van der Waals surface area contributed by atoms with E-state index in [1.165, 1.54) is 24.5 Å². The Morgan fingerprint density at radius 3 is 2.95 bits per heavy atom. The zero-order valence-electron chi connectivity index (χ0n) is 11.4. The van der Waals surface area contributed by atoms with E-state index in [0.29, 0.717) is 25.1 Å². The normalized spacial score (nSPS) is 10.2. The molecule has 0 saturated heterocycles. The van der Waals surface area contributed by atoms with E-state index < -0.39 is 11.0 Å². The van der Waals surface area contributed by atoms with Gasteiger partial charge in [0.15, 0.2) is 0 Å². The second-order valence-corrected chi connectivity index (χ2v) is 4.75. The number of rotatable bonds is 6. The third-order valence-electron chi connectivity index (χ3n) is 2.74. The largest absolute Gasteiger partial charge is 0.338 e. The van der Waals surface area contributed by atoms with Crippen molar-refractivity contribution in [1.29, 1.82) is 0 Å². The number of hydrogen-bond acceptors (Lipinski definition) is 5. The van der Waals surface area contributed by atoms with E-state index in [1.54, 1.807) is 0 Å². The number of H-pyrrole nitrogens is 1. The predicted octanol–water partition coefficient (Wildman–Crippen LogP) is 2.12. The molecule has 0 aliphatic rings. The highest BCUT2D eigenvalue weighted by atomic mass is 35.5. The number of aryl methyl sites for hydroxylation is 1. The summed E-state index contributed by atoms with van der Waals surface area (Å²) in [4.78, 5) is 25.8. The van der Waals surface area contributed by atoms with Gasteiger partial charge in [-0.05, 0) is 18.6 Å². The first-order chi connectivity index (χ1) is 10.6. The van der Waals surface area contributed by atoms with E-state index in [1.807, 2.05) is 0 Å². The van der Waals surface area contributed by atoms with Crippen LogP contribution in [0.3, 0.4) is 0 Å². The Balaban J connectivity index is 1.79. The standard InChI is InChI=1S/C12H13ClN6O3/c13-9-4-3-8(6-10(9)19(21)22)17-12(20)14-5-1-2-11-15-7-16-18-11/h3-4,6-7H,1-2,5H2,(H2,14,17,20)(H,15,16,18). The van der Waals surface area contributed by atoms with Crippen LogP contribution < -0.4 is 10.6 Å². The lowest BCUT2D eigenvalue weighted by atomic mass is 10.3. The van der Waals surface area contributed by atoms with Gasteiger partial charge in [-0.3, -0.25) is 15.2 Å². The van der Waals surface area contributed by atoms with E-state index in [0.717, 1.165) is 5.82 Å². The number of nitro groups is 1. The second-order valence-electron chi connectivity index (χ2n) is 4.34. The molecule has 0 unspecified atom stereocenters. The maximum atomic E-state index is 11.7. The van der Waals surface area contributed by atoms with Gasteiger partial charge in [0.1, 0.15) is 17.2 Å². The summed E-state index contributed by atoms with van der Waals surface area (Å²) in [6.45, 7) is 0.433. The van der Waals surface area contributed by atoms with E-state index >= 15 is 0 Å². The summed E-state index contributed by atoms with van der Waals surface area (Å²) in [6.07, 6.45) is 2.76. The van der Waals surface area contributed by atoms with Gasteiger partial charge in [0, 0.05) is 24.7 Å². The van der Waals surface area contributed by atoms with E-state index in [9.17, 15) is 14.9 Å². The first kappa shape index (κ1) is 15.7. The number of nitrogens with one attached hydrogen (secondary N) is 3. The monoisotopic (exact) mass is 324 g/mol. The van der Waals surface area contributed by atoms with Crippen LogP contribution in [0.5, 0.6) is 0 Å². The average molecular weight is 325 g/mol. The lowest BCUT2D eigenvalue weighted by Gasteiger charge is -2.07. The van der Waals surface area contributed by atoms with Crippen LogP contribution in [0.4, 0.5) is 16.2 Å². The molecule has 1 heterocycles. The van der Waals surface area contributed by atoms with E-state index in [4.69, 9.17) is 11.6 Å². The molecule has 0 atom stereocenters. The van der Waals surface area contributed by atoms with Crippen molar-refractivity contribution in [2.45, 2.75) is 12.8 Å². The molecule has 0 aliphatic heterocycles. The van der Waals surface area contributed by atoms with Crippen molar-refractivity contribution >= 4 is 29.0 Å². The molecule has 9 nitrogen and oxygen atoms in total. The van der Waals surface area contributed by atoms with Crippen molar-refractivity contribution in [3.63, 3.8) is 0 Å². The average Bonchev–Trinajstić information content (AvgIpc) is 2.98. The Bertz CT molecular complexity index is 661. The number of halogens is 1. The molecule has 3 N–H and O–H groups in total. The minimum atomic E-state index is -0.608. The maximum absolute atomic E-state index is 11.7. The molecule has 0 bridgehead atoms. The highest BCUT2D eigenvalue weighted by Gasteiger charge is 2.13. The number of aromatic amines is 1. The van der Waals surface area contributed by atoms with Gasteiger partial charge in [-0.1, -0.05) is 11.6 Å². The summed E-state index contributed by atoms with van der Waals surface area (Å²) in [6, 6.07) is 3.60. The minimum absolute atomic E-state index is 0.0167. The zero-order valence-corrected chi connectivity index (χ0v) is 12.1. The second kappa shape index (κ2) is 7.36. The summed E-state index contributed by atoms with van der Waals surface area (Å²) in [5.74, 6) is 0.746. The van der Waals surface area contributed by atoms with Crippen molar-refractivity contribution < 1.29 is 9.72 Å². The van der Waals surface area contributed by atoms with Crippen molar-refractivity contribution in [3.8, 4) is 0 Å². The number of nitro benzene ring substituents is 1. The molecule has 0 spiro atoms. The lowest BCUT2D eigenvalue weighted by molar-refractivity contribution is -0.384. The van der Waals surface area contributed by atoms with Gasteiger partial charge in [-0.25, -0.2) is 9.78 Å². The molecule has 1 aromatic heterocycles. The summed E-state index contributed by atoms with van der Waals surface area (Å²) >= 11 is 5.70. The summed E-state index contributed by atoms with van der Waals surface area (Å²) < 4.78 is 0. The van der Waals surface area contributed by atoms with Gasteiger partial charge >= 0.3 is 6.03 Å². The molecule has 2 amide bonds. The number of nitrogens with zero attached hydrogens (tertiary/aromatic N) is 3. The van der Waals surface area contributed by atoms with Crippen molar-refractivity contribution in [2.75, 3.05) is 11.9 Å². The Morgan fingerprint density at radius 2 is 2.27 bits per heavy atom. The fourth-order valence-corrected chi connectivity index (χ4v) is 1.90. The highest BCUT2D eigenvalue weighted by molar-refractivity contribution is 6.32. The molecular formula is C12H13ClN6O3. The number of amides is 2. The molecule has 0 saturated carbocycles. The number of carbonyl (C=O) groups excluding carboxylic acids is 1. The van der Waals surface area contributed by atoms with Crippen molar-refractivity contribution in [3.05, 3.63) is 45.5 Å². The maximum Gasteiger partial charge on any atom is 0.319 e. The number of anilines is 1. The van der Waals surface area contributed by atoms with Crippen molar-refractivity contribution in [2.24, 2.45) is 0 Å². The van der Waals surface area contributed by atoms with Crippen molar-refractivity contribution in [1.82, 2.24) is 20.5 Å². The minimum Gasteiger partial charge on any atom is -0.338 e. The lowest BCUT2D eigenvalue weighted by Crippen LogP contribution is -2.29. The fourth-order valence-electron chi connectivity index (χ4n) is 1.71. The Hall–Kier alpha value is -2.68. The molecule has 2 aromatic rings. The molecule has 0 radical (unpaired) electrons. The molecule has 2 rings (SSSR count). The number of urea groups is 1. The summed E-state index contributed by atoms with van der Waals surface area (Å²) in [7, 11) is 0. The third-order valence-corrected chi connectivity index (χ3v) is 3.06. The third kappa shape index (κ3) is 4.42. The van der Waals surface area contributed by atoms with Crippen LogP contribution in [0.15, 0.2) is 24.5 Å². The first-order valence-electron chi connectivity index (χ1n) is 6.39. The van der Waals surface area contributed by atoms with E-state index in [-0.39, 0.29) is 10.7 Å². The quantitative estimate of drug-likeness (QED) is 0.426. The molecule has 0 fully saturated rings. The smallest absolute Gasteiger partial charge is 0.319 e. The number of aromatic nitrogens is 3. The molecule has 116 valence electrons. The molecular weight excluding hydrogens is 312 g/mol. The van der Waals surface area contributed by atoms with Crippen LogP contribution in [0.25, 0.3) is 0 Å². The highest BCUT2D eigenvalue weighted by Crippen LogP contribution is 2.27. The van der Waals surface area contributed by atoms with Gasteiger partial charge in [0.25, 0.3) is 5.69 Å². The van der Waals surface area contributed by atoms with Gasteiger partial charge in [-0.15, -0.1) is 0 Å². The van der Waals surface area contributed by atoms with Crippen LogP contribution in [-0.4, -0.2) is 32.7 Å². The van der Waals surface area contributed by atoms with Gasteiger partial charge in [-0.2, -0.15) is 5.10 Å². The van der Waals surface area contributed by atoms with Gasteiger partial charge in [0.05, 0.1) is 4.92 Å².